The molecule has 3 heteroatoms. The second-order valence-corrected chi connectivity index (χ2v) is 5.57. The van der Waals surface area contributed by atoms with E-state index in [4.69, 9.17) is 0 Å². The molecule has 2 nitrogen and oxygen atoms in total. The van der Waals surface area contributed by atoms with E-state index in [1.54, 1.807) is 0 Å². The van der Waals surface area contributed by atoms with Gasteiger partial charge < -0.3 is 5.32 Å². The van der Waals surface area contributed by atoms with Crippen LogP contribution in [-0.4, -0.2) is 5.91 Å². The number of hydrogen-bond donors (Lipinski definition) is 2. The monoisotopic (exact) mass is 299 g/mol. The van der Waals surface area contributed by atoms with E-state index in [0.717, 1.165) is 29.0 Å². The molecule has 0 bridgehead atoms. The fourth-order valence-electron chi connectivity index (χ4n) is 2.39. The fraction of sp³-hybridized carbons (Fsp3) is 0.278. The van der Waals surface area contributed by atoms with E-state index in [1.807, 2.05) is 24.3 Å². The van der Waals surface area contributed by atoms with Crippen LogP contribution in [0.1, 0.15) is 30.5 Å². The van der Waals surface area contributed by atoms with Crippen LogP contribution in [0.2, 0.25) is 0 Å². The zero-order valence-electron chi connectivity index (χ0n) is 12.5. The van der Waals surface area contributed by atoms with Crippen LogP contribution in [0.5, 0.6) is 0 Å². The second kappa shape index (κ2) is 7.32. The van der Waals surface area contributed by atoms with Crippen molar-refractivity contribution >= 4 is 24.2 Å². The molecule has 0 fully saturated rings. The number of para-hydroxylation sites is 1. The number of carbonyl (C=O) groups is 1. The van der Waals surface area contributed by atoms with Gasteiger partial charge in [0, 0.05) is 10.6 Å². The SMILES string of the molecule is CCc1cccc(CC)c1NC(=O)Cc1ccc(S)cc1. The molecule has 2 rings (SSSR count). The van der Waals surface area contributed by atoms with Crippen LogP contribution in [0.25, 0.3) is 0 Å². The topological polar surface area (TPSA) is 29.1 Å². The van der Waals surface area contributed by atoms with E-state index in [-0.39, 0.29) is 5.91 Å². The summed E-state index contributed by atoms with van der Waals surface area (Å²) in [5, 5.41) is 3.09. The van der Waals surface area contributed by atoms with Crippen molar-refractivity contribution in [3.8, 4) is 0 Å². The maximum absolute atomic E-state index is 12.3. The zero-order valence-corrected chi connectivity index (χ0v) is 13.4. The summed E-state index contributed by atoms with van der Waals surface area (Å²) in [6, 6.07) is 13.9. The number of carbonyl (C=O) groups excluding carboxylic acids is 1. The molecule has 2 aromatic rings. The zero-order chi connectivity index (χ0) is 15.2. The third kappa shape index (κ3) is 4.11. The maximum Gasteiger partial charge on any atom is 0.228 e. The molecule has 0 saturated heterocycles. The van der Waals surface area contributed by atoms with Gasteiger partial charge in [0.25, 0.3) is 0 Å². The number of anilines is 1. The molecule has 0 radical (unpaired) electrons. The summed E-state index contributed by atoms with van der Waals surface area (Å²) in [6.07, 6.45) is 2.21. The van der Waals surface area contributed by atoms with E-state index in [2.05, 4.69) is 50.0 Å². The Morgan fingerprint density at radius 3 is 2.10 bits per heavy atom. The standard InChI is InChI=1S/C18H21NOS/c1-3-14-6-5-7-15(4-2)18(14)19-17(20)12-13-8-10-16(21)11-9-13/h5-11,21H,3-4,12H2,1-2H3,(H,19,20). The molecule has 0 aromatic heterocycles. The lowest BCUT2D eigenvalue weighted by molar-refractivity contribution is -0.115. The molecule has 0 saturated carbocycles. The smallest absolute Gasteiger partial charge is 0.228 e. The quantitative estimate of drug-likeness (QED) is 0.793. The van der Waals surface area contributed by atoms with E-state index < -0.39 is 0 Å². The number of rotatable bonds is 5. The number of nitrogens with one attached hydrogen (secondary N) is 1. The molecular weight excluding hydrogens is 278 g/mol. The Labute approximate surface area is 132 Å². The van der Waals surface area contributed by atoms with Gasteiger partial charge >= 0.3 is 0 Å². The molecule has 21 heavy (non-hydrogen) atoms. The van der Waals surface area contributed by atoms with Crippen molar-refractivity contribution in [2.24, 2.45) is 0 Å². The van der Waals surface area contributed by atoms with Crippen LogP contribution in [0.3, 0.4) is 0 Å². The third-order valence-electron chi connectivity index (χ3n) is 3.56. The molecule has 0 aliphatic heterocycles. The highest BCUT2D eigenvalue weighted by molar-refractivity contribution is 7.80. The van der Waals surface area contributed by atoms with Crippen molar-refractivity contribution in [3.05, 3.63) is 59.2 Å². The van der Waals surface area contributed by atoms with Crippen molar-refractivity contribution in [1.82, 2.24) is 0 Å². The Kier molecular flexibility index (Phi) is 5.45. The lowest BCUT2D eigenvalue weighted by Gasteiger charge is -2.14. The summed E-state index contributed by atoms with van der Waals surface area (Å²) in [6.45, 7) is 4.21. The normalized spacial score (nSPS) is 10.4. The summed E-state index contributed by atoms with van der Waals surface area (Å²) in [5.74, 6) is 0.0255. The molecule has 1 amide bonds. The maximum atomic E-state index is 12.3. The number of aryl methyl sites for hydroxylation is 2. The van der Waals surface area contributed by atoms with Crippen LogP contribution in [0.15, 0.2) is 47.4 Å². The molecule has 0 atom stereocenters. The molecule has 0 spiro atoms. The molecule has 0 heterocycles. The van der Waals surface area contributed by atoms with Crippen molar-refractivity contribution in [1.29, 1.82) is 0 Å². The Morgan fingerprint density at radius 2 is 1.57 bits per heavy atom. The first-order chi connectivity index (χ1) is 10.1. The molecule has 110 valence electrons. The first-order valence-electron chi connectivity index (χ1n) is 7.32. The van der Waals surface area contributed by atoms with E-state index >= 15 is 0 Å². The van der Waals surface area contributed by atoms with Crippen molar-refractivity contribution in [2.75, 3.05) is 5.32 Å². The molecule has 1 N–H and O–H groups in total. The van der Waals surface area contributed by atoms with Gasteiger partial charge in [0.1, 0.15) is 0 Å². The van der Waals surface area contributed by atoms with Crippen LogP contribution < -0.4 is 5.32 Å². The van der Waals surface area contributed by atoms with Crippen molar-refractivity contribution in [3.63, 3.8) is 0 Å². The molecule has 0 unspecified atom stereocenters. The number of benzene rings is 2. The van der Waals surface area contributed by atoms with Gasteiger partial charge in [-0.15, -0.1) is 12.6 Å². The Balaban J connectivity index is 2.14. The van der Waals surface area contributed by atoms with Gasteiger partial charge in [-0.2, -0.15) is 0 Å². The highest BCUT2D eigenvalue weighted by Gasteiger charge is 2.10. The van der Waals surface area contributed by atoms with Gasteiger partial charge in [0.15, 0.2) is 0 Å². The average Bonchev–Trinajstić information content (AvgIpc) is 2.49. The summed E-state index contributed by atoms with van der Waals surface area (Å²) in [5.41, 5.74) is 4.36. The van der Waals surface area contributed by atoms with Crippen LogP contribution in [-0.2, 0) is 24.1 Å². The van der Waals surface area contributed by atoms with Gasteiger partial charge in [-0.3, -0.25) is 4.79 Å². The first kappa shape index (κ1) is 15.6. The lowest BCUT2D eigenvalue weighted by Crippen LogP contribution is -2.16. The summed E-state index contributed by atoms with van der Waals surface area (Å²) >= 11 is 4.25. The van der Waals surface area contributed by atoms with Gasteiger partial charge in [0.05, 0.1) is 6.42 Å². The molecular formula is C18H21NOS. The Hall–Kier alpha value is -1.74. The highest BCUT2D eigenvalue weighted by Crippen LogP contribution is 2.22. The fourth-order valence-corrected chi connectivity index (χ4v) is 2.54. The van der Waals surface area contributed by atoms with Gasteiger partial charge in [-0.25, -0.2) is 0 Å². The van der Waals surface area contributed by atoms with Crippen LogP contribution in [0.4, 0.5) is 5.69 Å². The van der Waals surface area contributed by atoms with Crippen molar-refractivity contribution in [2.45, 2.75) is 38.0 Å². The predicted molar refractivity (Wildman–Crippen MR) is 91.2 cm³/mol. The summed E-state index contributed by atoms with van der Waals surface area (Å²) < 4.78 is 0. The predicted octanol–water partition coefficient (Wildman–Crippen LogP) is 4.28. The minimum atomic E-state index is 0.0255. The molecule has 2 aromatic carbocycles. The first-order valence-corrected chi connectivity index (χ1v) is 7.77. The van der Waals surface area contributed by atoms with Crippen LogP contribution >= 0.6 is 12.6 Å². The Morgan fingerprint density at radius 1 is 1.00 bits per heavy atom. The van der Waals surface area contributed by atoms with E-state index in [9.17, 15) is 4.79 Å². The minimum Gasteiger partial charge on any atom is -0.325 e. The highest BCUT2D eigenvalue weighted by atomic mass is 32.1. The number of amides is 1. The van der Waals surface area contributed by atoms with E-state index in [0.29, 0.717) is 6.42 Å². The van der Waals surface area contributed by atoms with Gasteiger partial charge in [-0.1, -0.05) is 44.2 Å². The summed E-state index contributed by atoms with van der Waals surface area (Å²) in [4.78, 5) is 13.2. The Bertz CT molecular complexity index is 597. The molecule has 0 aliphatic rings. The number of hydrogen-bond acceptors (Lipinski definition) is 2. The second-order valence-electron chi connectivity index (χ2n) is 5.05. The summed E-state index contributed by atoms with van der Waals surface area (Å²) in [7, 11) is 0. The van der Waals surface area contributed by atoms with E-state index in [1.165, 1.54) is 11.1 Å². The minimum absolute atomic E-state index is 0.0255. The third-order valence-corrected chi connectivity index (χ3v) is 3.86. The van der Waals surface area contributed by atoms with Gasteiger partial charge in [0.2, 0.25) is 5.91 Å². The average molecular weight is 299 g/mol. The van der Waals surface area contributed by atoms with Gasteiger partial charge in [-0.05, 0) is 41.7 Å². The lowest BCUT2D eigenvalue weighted by atomic mass is 10.0. The molecule has 0 aliphatic carbocycles. The van der Waals surface area contributed by atoms with Crippen LogP contribution in [0, 0.1) is 0 Å². The van der Waals surface area contributed by atoms with Crippen molar-refractivity contribution < 1.29 is 4.79 Å². The largest absolute Gasteiger partial charge is 0.325 e. The number of thiol groups is 1.